The maximum absolute atomic E-state index is 2.75. The van der Waals surface area contributed by atoms with Crippen molar-refractivity contribution in [3.63, 3.8) is 0 Å². The average molecular weight is 1250 g/mol. The Morgan fingerprint density at radius 1 is 0.330 bits per heavy atom. The molecule has 0 saturated heterocycles. The fourth-order valence-corrected chi connectivity index (χ4v) is 17.4. The first-order valence-corrected chi connectivity index (χ1v) is 35.2. The fourth-order valence-electron chi connectivity index (χ4n) is 17.4. The van der Waals surface area contributed by atoms with Crippen molar-refractivity contribution in [2.75, 3.05) is 9.80 Å². The normalized spacial score (nSPS) is 16.2. The van der Waals surface area contributed by atoms with Gasteiger partial charge in [0.15, 0.2) is 0 Å². The van der Waals surface area contributed by atoms with Crippen molar-refractivity contribution in [1.29, 1.82) is 0 Å². The summed E-state index contributed by atoms with van der Waals surface area (Å²) >= 11 is 0. The highest BCUT2D eigenvalue weighted by Crippen LogP contribution is 2.58. The van der Waals surface area contributed by atoms with Crippen molar-refractivity contribution < 1.29 is 0 Å². The maximum atomic E-state index is 2.75. The van der Waals surface area contributed by atoms with E-state index in [1.165, 1.54) is 181 Å². The van der Waals surface area contributed by atoms with Crippen LogP contribution in [0.1, 0.15) is 89.8 Å². The number of rotatable bonds is 10. The maximum Gasteiger partial charge on any atom is 0.252 e. The molecular formula is C93H78BN3. The summed E-state index contributed by atoms with van der Waals surface area (Å²) in [5, 5.41) is 2.58. The molecule has 468 valence electrons. The van der Waals surface area contributed by atoms with E-state index in [2.05, 4.69) is 353 Å². The number of aromatic nitrogens is 1. The van der Waals surface area contributed by atoms with Crippen molar-refractivity contribution in [3.05, 3.63) is 314 Å². The number of benzene rings is 13. The van der Waals surface area contributed by atoms with E-state index in [1.807, 2.05) is 0 Å². The highest BCUT2D eigenvalue weighted by atomic mass is 15.2. The van der Waals surface area contributed by atoms with E-state index in [0.717, 1.165) is 11.6 Å². The van der Waals surface area contributed by atoms with Gasteiger partial charge >= 0.3 is 0 Å². The number of hydrogen-bond donors (Lipinski definition) is 0. The predicted octanol–water partition coefficient (Wildman–Crippen LogP) is 23.4. The standard InChI is InChI=1S/C93H78BN3/c1-92(2,3)71-45-49-83-79(58-71)80-59-72(93(4,5)6)46-50-84(80)95(83)73-36-22-35-66(53-73)67-44-48-85-82(54-67)94-81-47-43-68(61-25-12-7-13-26-61)55-86(81)97(91-76(64-31-18-10-19-32-64)39-24-40-77(91)65-33-20-11-21-34-65)88-57-70(78-52-60-41-42-69(78)51-60)56-87(89(88)94)96(85)90-74(62-27-14-8-15-28-62)37-23-38-75(90)63-29-16-9-17-30-63/h7-40,43-50,53-60,69,78H,41-42,51-52H2,1-6H3/t60-,69+,78?/m0/s1. The molecule has 2 fully saturated rings. The molecule has 2 saturated carbocycles. The Morgan fingerprint density at radius 2 is 0.773 bits per heavy atom. The molecule has 97 heavy (non-hydrogen) atoms. The van der Waals surface area contributed by atoms with Gasteiger partial charge in [-0.1, -0.05) is 285 Å². The summed E-state index contributed by atoms with van der Waals surface area (Å²) in [6.07, 6.45) is 5.14. The monoisotopic (exact) mass is 1250 g/mol. The van der Waals surface area contributed by atoms with Gasteiger partial charge in [-0.05, 0) is 186 Å². The van der Waals surface area contributed by atoms with Gasteiger partial charge in [0, 0.05) is 61.5 Å². The topological polar surface area (TPSA) is 11.4 Å². The van der Waals surface area contributed by atoms with Crippen LogP contribution in [0.15, 0.2) is 297 Å². The van der Waals surface area contributed by atoms with Crippen molar-refractivity contribution in [2.45, 2.75) is 84.0 Å². The Labute approximate surface area is 572 Å². The number of anilines is 6. The molecule has 18 rings (SSSR count). The van der Waals surface area contributed by atoms with Crippen LogP contribution in [0.2, 0.25) is 0 Å². The second-order valence-corrected chi connectivity index (χ2v) is 30.0. The van der Waals surface area contributed by atoms with Crippen molar-refractivity contribution in [2.24, 2.45) is 11.8 Å². The summed E-state index contributed by atoms with van der Waals surface area (Å²) < 4.78 is 2.52. The molecule has 2 aliphatic heterocycles. The summed E-state index contributed by atoms with van der Waals surface area (Å²) in [5.41, 5.74) is 33.1. The van der Waals surface area contributed by atoms with E-state index in [4.69, 9.17) is 0 Å². The molecule has 2 aliphatic carbocycles. The smallest absolute Gasteiger partial charge is 0.252 e. The highest BCUT2D eigenvalue weighted by Gasteiger charge is 2.48. The van der Waals surface area contributed by atoms with Gasteiger partial charge < -0.3 is 14.4 Å². The molecule has 14 aromatic rings. The van der Waals surface area contributed by atoms with Crippen LogP contribution in [0.5, 0.6) is 0 Å². The van der Waals surface area contributed by atoms with Crippen molar-refractivity contribution in [1.82, 2.24) is 4.57 Å². The van der Waals surface area contributed by atoms with Crippen LogP contribution in [-0.4, -0.2) is 11.3 Å². The van der Waals surface area contributed by atoms with Crippen molar-refractivity contribution >= 4 is 79.0 Å². The lowest BCUT2D eigenvalue weighted by molar-refractivity contribution is 0.420. The van der Waals surface area contributed by atoms with Gasteiger partial charge in [0.05, 0.1) is 22.4 Å². The van der Waals surface area contributed by atoms with Gasteiger partial charge in [-0.25, -0.2) is 0 Å². The van der Waals surface area contributed by atoms with E-state index < -0.39 is 0 Å². The van der Waals surface area contributed by atoms with E-state index in [1.54, 1.807) is 0 Å². The van der Waals surface area contributed by atoms with Gasteiger partial charge in [-0.15, -0.1) is 0 Å². The van der Waals surface area contributed by atoms with E-state index >= 15 is 0 Å². The number of hydrogen-bond acceptors (Lipinski definition) is 2. The first-order valence-electron chi connectivity index (χ1n) is 35.2. The lowest BCUT2D eigenvalue weighted by Crippen LogP contribution is -2.61. The Hall–Kier alpha value is -10.7. The second kappa shape index (κ2) is 23.0. The zero-order valence-corrected chi connectivity index (χ0v) is 56.3. The van der Waals surface area contributed by atoms with Gasteiger partial charge in [0.25, 0.3) is 6.71 Å². The van der Waals surface area contributed by atoms with Gasteiger partial charge in [-0.2, -0.15) is 0 Å². The third-order valence-electron chi connectivity index (χ3n) is 22.2. The Morgan fingerprint density at radius 3 is 1.25 bits per heavy atom. The largest absolute Gasteiger partial charge is 0.310 e. The van der Waals surface area contributed by atoms with Gasteiger partial charge in [0.2, 0.25) is 0 Å². The Balaban J connectivity index is 0.949. The molecule has 4 heteroatoms. The summed E-state index contributed by atoms with van der Waals surface area (Å²) in [6, 6.07) is 114. The van der Waals surface area contributed by atoms with Crippen molar-refractivity contribution in [3.8, 4) is 72.4 Å². The zero-order valence-electron chi connectivity index (χ0n) is 56.3. The number of nitrogens with zero attached hydrogens (tertiary/aromatic N) is 3. The molecule has 4 aliphatic rings. The summed E-state index contributed by atoms with van der Waals surface area (Å²) in [6.45, 7) is 13.8. The molecule has 0 N–H and O–H groups in total. The molecule has 0 amide bonds. The molecule has 3 nitrogen and oxygen atoms in total. The minimum atomic E-state index is -0.163. The molecule has 1 aromatic heterocycles. The molecular weight excluding hydrogens is 1170 g/mol. The van der Waals surface area contributed by atoms with E-state index in [9.17, 15) is 0 Å². The quantitative estimate of drug-likeness (QED) is 0.126. The highest BCUT2D eigenvalue weighted by molar-refractivity contribution is 7.00. The lowest BCUT2D eigenvalue weighted by Gasteiger charge is -2.46. The molecule has 1 unspecified atom stereocenters. The SMILES string of the molecule is CC(C)(C)c1ccc2c(c1)c1cc(C(C)(C)C)ccc1n2-c1cccc(-c2ccc3c(c2)B2c4ccc(-c5ccccc5)cc4N(c4c(-c5ccccc5)cccc4-c4ccccc4)c4cc(C5C[C@H]6CC[C@@H]5C6)cc(c42)N3c2c(-c3ccccc3)cccc2-c2ccccc2)c1. The second-order valence-electron chi connectivity index (χ2n) is 30.0. The minimum absolute atomic E-state index is 0.00276. The molecule has 13 aromatic carbocycles. The summed E-state index contributed by atoms with van der Waals surface area (Å²) in [4.78, 5) is 5.49. The summed E-state index contributed by atoms with van der Waals surface area (Å²) in [7, 11) is 0. The van der Waals surface area contributed by atoms with Crippen LogP contribution in [0, 0.1) is 11.8 Å². The molecule has 3 atom stereocenters. The zero-order chi connectivity index (χ0) is 65.3. The average Bonchev–Trinajstić information content (AvgIpc) is 1.17. The molecule has 0 radical (unpaired) electrons. The van der Waals surface area contributed by atoms with Gasteiger partial charge in [-0.3, -0.25) is 0 Å². The van der Waals surface area contributed by atoms with Crippen LogP contribution >= 0.6 is 0 Å². The first kappa shape index (κ1) is 58.9. The lowest BCUT2D eigenvalue weighted by atomic mass is 9.33. The Kier molecular flexibility index (Phi) is 14.0. The van der Waals surface area contributed by atoms with E-state index in [0.29, 0.717) is 11.8 Å². The fraction of sp³-hybridized carbons (Fsp3) is 0.161. The number of fused-ring (bicyclic) bond motifs is 9. The van der Waals surface area contributed by atoms with Crippen LogP contribution in [0.25, 0.3) is 94.3 Å². The van der Waals surface area contributed by atoms with Crippen LogP contribution in [-0.2, 0) is 10.8 Å². The first-order chi connectivity index (χ1) is 47.4. The van der Waals surface area contributed by atoms with Crippen LogP contribution < -0.4 is 26.2 Å². The van der Waals surface area contributed by atoms with E-state index in [-0.39, 0.29) is 17.5 Å². The molecule has 2 bridgehead atoms. The summed E-state index contributed by atoms with van der Waals surface area (Å²) in [5.74, 6) is 1.82. The van der Waals surface area contributed by atoms with Gasteiger partial charge in [0.1, 0.15) is 0 Å². The predicted molar refractivity (Wildman–Crippen MR) is 413 cm³/mol. The van der Waals surface area contributed by atoms with Crippen LogP contribution in [0.3, 0.4) is 0 Å². The molecule has 3 heterocycles. The van der Waals surface area contributed by atoms with Crippen LogP contribution in [0.4, 0.5) is 34.1 Å². The molecule has 0 spiro atoms. The third-order valence-corrected chi connectivity index (χ3v) is 22.2. The third kappa shape index (κ3) is 9.92. The number of para-hydroxylation sites is 2. The Bertz CT molecular complexity index is 5200. The minimum Gasteiger partial charge on any atom is -0.310 e.